The van der Waals surface area contributed by atoms with Crippen molar-refractivity contribution in [3.05, 3.63) is 35.8 Å². The Kier molecular flexibility index (Phi) is 3.48. The van der Waals surface area contributed by atoms with Gasteiger partial charge in [0.2, 0.25) is 5.91 Å². The Hall–Kier alpha value is -2.90. The molecule has 0 aromatic carbocycles. The molecular formula is C17H18N4O4. The zero-order valence-corrected chi connectivity index (χ0v) is 13.9. The molecule has 4 rings (SSSR count). The average Bonchev–Trinajstić information content (AvgIpc) is 3.06. The number of carbonyl (C=O) groups is 2. The van der Waals surface area contributed by atoms with Gasteiger partial charge in [0.25, 0.3) is 0 Å². The van der Waals surface area contributed by atoms with E-state index in [1.165, 1.54) is 12.4 Å². The molecule has 1 aliphatic carbocycles. The van der Waals surface area contributed by atoms with E-state index in [1.54, 1.807) is 29.0 Å². The molecule has 3 atom stereocenters. The normalized spacial score (nSPS) is 22.6. The SMILES string of the molecule is COc1cc(N2C[C@H]3C[C@H]3C2=O)ncc1C(C)n1cc(C(=O)O)cn1. The minimum Gasteiger partial charge on any atom is -0.496 e. The van der Waals surface area contributed by atoms with Crippen molar-refractivity contribution in [2.24, 2.45) is 11.8 Å². The van der Waals surface area contributed by atoms with Crippen LogP contribution in [0.2, 0.25) is 0 Å². The fourth-order valence-electron chi connectivity index (χ4n) is 3.36. The summed E-state index contributed by atoms with van der Waals surface area (Å²) in [6.07, 6.45) is 5.44. The van der Waals surface area contributed by atoms with E-state index >= 15 is 0 Å². The number of methoxy groups -OCH3 is 1. The molecule has 1 saturated heterocycles. The summed E-state index contributed by atoms with van der Waals surface area (Å²) in [5.74, 6) is 0.945. The van der Waals surface area contributed by atoms with Gasteiger partial charge in [-0.2, -0.15) is 5.10 Å². The number of nitrogens with zero attached hydrogens (tertiary/aromatic N) is 4. The van der Waals surface area contributed by atoms with E-state index in [0.29, 0.717) is 17.5 Å². The Labute approximate surface area is 144 Å². The zero-order chi connectivity index (χ0) is 17.7. The zero-order valence-electron chi connectivity index (χ0n) is 13.9. The van der Waals surface area contributed by atoms with Gasteiger partial charge >= 0.3 is 5.97 Å². The van der Waals surface area contributed by atoms with Crippen LogP contribution >= 0.6 is 0 Å². The highest BCUT2D eigenvalue weighted by atomic mass is 16.5. The number of ether oxygens (including phenoxy) is 1. The van der Waals surface area contributed by atoms with Crippen molar-refractivity contribution >= 4 is 17.7 Å². The van der Waals surface area contributed by atoms with E-state index in [9.17, 15) is 9.59 Å². The van der Waals surface area contributed by atoms with E-state index in [0.717, 1.165) is 18.5 Å². The van der Waals surface area contributed by atoms with Crippen LogP contribution in [0.5, 0.6) is 5.75 Å². The molecule has 1 unspecified atom stereocenters. The lowest BCUT2D eigenvalue weighted by Gasteiger charge is -2.21. The van der Waals surface area contributed by atoms with Crippen molar-refractivity contribution < 1.29 is 19.4 Å². The van der Waals surface area contributed by atoms with Crippen molar-refractivity contribution in [2.75, 3.05) is 18.6 Å². The molecule has 1 amide bonds. The lowest BCUT2D eigenvalue weighted by molar-refractivity contribution is -0.118. The molecule has 2 aromatic heterocycles. The van der Waals surface area contributed by atoms with E-state index in [2.05, 4.69) is 10.1 Å². The Morgan fingerprint density at radius 2 is 2.24 bits per heavy atom. The van der Waals surface area contributed by atoms with Crippen molar-refractivity contribution in [1.29, 1.82) is 0 Å². The third-order valence-corrected chi connectivity index (χ3v) is 5.00. The molecule has 1 saturated carbocycles. The highest BCUT2D eigenvalue weighted by Crippen LogP contribution is 2.47. The van der Waals surface area contributed by atoms with Gasteiger partial charge in [-0.05, 0) is 19.3 Å². The fourth-order valence-corrected chi connectivity index (χ4v) is 3.36. The number of rotatable bonds is 5. The molecule has 1 aliphatic heterocycles. The number of hydrogen-bond donors (Lipinski definition) is 1. The van der Waals surface area contributed by atoms with Crippen LogP contribution in [0.4, 0.5) is 5.82 Å². The van der Waals surface area contributed by atoms with Crippen LogP contribution < -0.4 is 9.64 Å². The van der Waals surface area contributed by atoms with E-state index in [1.807, 2.05) is 6.92 Å². The van der Waals surface area contributed by atoms with Crippen molar-refractivity contribution in [3.8, 4) is 5.75 Å². The number of fused-ring (bicyclic) bond motifs is 1. The largest absolute Gasteiger partial charge is 0.496 e. The van der Waals surface area contributed by atoms with Gasteiger partial charge in [0, 0.05) is 36.5 Å². The summed E-state index contributed by atoms with van der Waals surface area (Å²) in [6.45, 7) is 2.60. The number of aromatic carboxylic acids is 1. The lowest BCUT2D eigenvalue weighted by atomic mass is 10.1. The van der Waals surface area contributed by atoms with Gasteiger partial charge in [-0.1, -0.05) is 0 Å². The van der Waals surface area contributed by atoms with Gasteiger partial charge in [-0.3, -0.25) is 14.4 Å². The predicted molar refractivity (Wildman–Crippen MR) is 87.7 cm³/mol. The second-order valence-corrected chi connectivity index (χ2v) is 6.53. The van der Waals surface area contributed by atoms with Crippen molar-refractivity contribution in [2.45, 2.75) is 19.4 Å². The molecule has 130 valence electrons. The van der Waals surface area contributed by atoms with Crippen LogP contribution in [-0.2, 0) is 4.79 Å². The van der Waals surface area contributed by atoms with Crippen LogP contribution in [0.15, 0.2) is 24.7 Å². The third kappa shape index (κ3) is 2.54. The number of pyridine rings is 1. The van der Waals surface area contributed by atoms with E-state index in [-0.39, 0.29) is 23.4 Å². The van der Waals surface area contributed by atoms with E-state index in [4.69, 9.17) is 9.84 Å². The molecule has 3 heterocycles. The van der Waals surface area contributed by atoms with E-state index < -0.39 is 5.97 Å². The molecule has 8 nitrogen and oxygen atoms in total. The quantitative estimate of drug-likeness (QED) is 0.886. The molecule has 0 radical (unpaired) electrons. The maximum atomic E-state index is 12.2. The number of carboxylic acid groups (broad SMARTS) is 1. The predicted octanol–water partition coefficient (Wildman–Crippen LogP) is 1.58. The molecule has 1 N–H and O–H groups in total. The van der Waals surface area contributed by atoms with Gasteiger partial charge in [-0.25, -0.2) is 9.78 Å². The molecule has 0 spiro atoms. The first-order valence-electron chi connectivity index (χ1n) is 8.12. The van der Waals surface area contributed by atoms with Gasteiger partial charge in [-0.15, -0.1) is 0 Å². The minimum atomic E-state index is -1.02. The Bertz CT molecular complexity index is 862. The molecule has 0 bridgehead atoms. The first-order chi connectivity index (χ1) is 12.0. The van der Waals surface area contributed by atoms with Crippen LogP contribution in [0.3, 0.4) is 0 Å². The van der Waals surface area contributed by atoms with Crippen molar-refractivity contribution in [3.63, 3.8) is 0 Å². The average molecular weight is 342 g/mol. The number of aromatic nitrogens is 3. The van der Waals surface area contributed by atoms with Crippen molar-refractivity contribution in [1.82, 2.24) is 14.8 Å². The summed E-state index contributed by atoms with van der Waals surface area (Å²) in [5.41, 5.74) is 0.889. The van der Waals surface area contributed by atoms with Gasteiger partial charge in [0.1, 0.15) is 11.6 Å². The minimum absolute atomic E-state index is 0.122. The molecule has 2 aliphatic rings. The number of carboxylic acids is 1. The summed E-state index contributed by atoms with van der Waals surface area (Å²) in [5, 5.41) is 13.1. The van der Waals surface area contributed by atoms with Crippen LogP contribution in [0.25, 0.3) is 0 Å². The topological polar surface area (TPSA) is 97.6 Å². The monoisotopic (exact) mass is 342 g/mol. The fraction of sp³-hybridized carbons (Fsp3) is 0.412. The summed E-state index contributed by atoms with van der Waals surface area (Å²) in [6, 6.07) is 1.50. The lowest BCUT2D eigenvalue weighted by Crippen LogP contribution is -2.28. The molecule has 2 aromatic rings. The summed E-state index contributed by atoms with van der Waals surface area (Å²) in [4.78, 5) is 29.4. The summed E-state index contributed by atoms with van der Waals surface area (Å²) in [7, 11) is 1.56. The second-order valence-electron chi connectivity index (χ2n) is 6.53. The first kappa shape index (κ1) is 15.6. The number of amides is 1. The smallest absolute Gasteiger partial charge is 0.338 e. The molecule has 2 fully saturated rings. The van der Waals surface area contributed by atoms with Crippen LogP contribution in [0, 0.1) is 11.8 Å². The summed E-state index contributed by atoms with van der Waals surface area (Å²) < 4.78 is 7.03. The highest BCUT2D eigenvalue weighted by Gasteiger charge is 2.52. The molecule has 25 heavy (non-hydrogen) atoms. The summed E-state index contributed by atoms with van der Waals surface area (Å²) >= 11 is 0. The van der Waals surface area contributed by atoms with Crippen LogP contribution in [0.1, 0.15) is 35.3 Å². The van der Waals surface area contributed by atoms with Gasteiger partial charge in [0.15, 0.2) is 0 Å². The Morgan fingerprint density at radius 1 is 1.44 bits per heavy atom. The number of piperidine rings is 1. The second kappa shape index (κ2) is 5.58. The number of anilines is 1. The highest BCUT2D eigenvalue weighted by molar-refractivity contribution is 5.99. The number of hydrogen-bond acceptors (Lipinski definition) is 5. The van der Waals surface area contributed by atoms with Gasteiger partial charge < -0.3 is 9.84 Å². The first-order valence-corrected chi connectivity index (χ1v) is 8.12. The third-order valence-electron chi connectivity index (χ3n) is 5.00. The van der Waals surface area contributed by atoms with Gasteiger partial charge in [0.05, 0.1) is 24.9 Å². The van der Waals surface area contributed by atoms with Crippen LogP contribution in [-0.4, -0.2) is 45.4 Å². The maximum absolute atomic E-state index is 12.2. The number of carbonyl (C=O) groups excluding carboxylic acids is 1. The standard InChI is InChI=1S/C17H18N4O4/c1-9(21-8-11(5-19-21)17(23)24)13-6-18-15(4-14(13)25-2)20-7-10-3-12(10)16(20)22/h4-6,8-10,12H,3,7H2,1-2H3,(H,23,24)/t9?,10-,12-/m1/s1. The Morgan fingerprint density at radius 3 is 2.84 bits per heavy atom. The molecular weight excluding hydrogens is 324 g/mol. The Balaban J connectivity index is 1.63. The maximum Gasteiger partial charge on any atom is 0.338 e. The molecule has 8 heteroatoms.